The van der Waals surface area contributed by atoms with E-state index in [0.717, 1.165) is 10.1 Å². The summed E-state index contributed by atoms with van der Waals surface area (Å²) in [6.07, 6.45) is 0.555. The van der Waals surface area contributed by atoms with Crippen LogP contribution in [0.15, 0.2) is 33.9 Å². The van der Waals surface area contributed by atoms with Gasteiger partial charge in [0, 0.05) is 33.3 Å². The zero-order valence-corrected chi connectivity index (χ0v) is 14.3. The Kier molecular flexibility index (Phi) is 5.39. The summed E-state index contributed by atoms with van der Waals surface area (Å²) in [4.78, 5) is 35.7. The highest BCUT2D eigenvalue weighted by Gasteiger charge is 2.14. The van der Waals surface area contributed by atoms with Crippen LogP contribution < -0.4 is 21.9 Å². The first-order chi connectivity index (χ1) is 11.9. The molecule has 8 heteroatoms. The van der Waals surface area contributed by atoms with Gasteiger partial charge in [-0.15, -0.1) is 0 Å². The third kappa shape index (κ3) is 3.61. The lowest BCUT2D eigenvalue weighted by Crippen LogP contribution is -2.40. The third-order valence-corrected chi connectivity index (χ3v) is 3.90. The quantitative estimate of drug-likeness (QED) is 0.794. The fraction of sp³-hybridized carbons (Fsp3) is 0.294. The van der Waals surface area contributed by atoms with Crippen molar-refractivity contribution in [2.24, 2.45) is 14.1 Å². The van der Waals surface area contributed by atoms with E-state index in [2.05, 4.69) is 10.6 Å². The molecular formula is C17H19N5O3. The van der Waals surface area contributed by atoms with Crippen molar-refractivity contribution in [1.29, 1.82) is 5.26 Å². The number of nitrogens with one attached hydrogen (secondary N) is 2. The number of carbonyl (C=O) groups excluding carboxylic acids is 1. The second kappa shape index (κ2) is 7.49. The van der Waals surface area contributed by atoms with E-state index in [1.165, 1.54) is 18.7 Å². The van der Waals surface area contributed by atoms with Crippen LogP contribution in [0.3, 0.4) is 0 Å². The molecule has 2 N–H and O–H groups in total. The van der Waals surface area contributed by atoms with Gasteiger partial charge in [0.1, 0.15) is 11.9 Å². The largest absolute Gasteiger partial charge is 0.370 e. The summed E-state index contributed by atoms with van der Waals surface area (Å²) in [5.41, 5.74) is 0.228. The Balaban J connectivity index is 2.21. The number of carbonyl (C=O) groups is 1. The Morgan fingerprint density at radius 3 is 2.60 bits per heavy atom. The lowest BCUT2D eigenvalue weighted by atomic mass is 10.1. The number of hydrogen-bond acceptors (Lipinski definition) is 5. The number of rotatable bonds is 5. The summed E-state index contributed by atoms with van der Waals surface area (Å²) in [6.45, 7) is 0.395. The smallest absolute Gasteiger partial charge is 0.332 e. The highest BCUT2D eigenvalue weighted by Crippen LogP contribution is 2.09. The molecular weight excluding hydrogens is 322 g/mol. The van der Waals surface area contributed by atoms with Gasteiger partial charge in [0.25, 0.3) is 11.5 Å². The molecule has 2 rings (SSSR count). The summed E-state index contributed by atoms with van der Waals surface area (Å²) >= 11 is 0. The van der Waals surface area contributed by atoms with E-state index in [9.17, 15) is 19.6 Å². The van der Waals surface area contributed by atoms with Crippen LogP contribution >= 0.6 is 0 Å². The van der Waals surface area contributed by atoms with Crippen molar-refractivity contribution in [3.63, 3.8) is 0 Å². The van der Waals surface area contributed by atoms with Crippen molar-refractivity contribution in [3.8, 4) is 6.07 Å². The molecule has 130 valence electrons. The van der Waals surface area contributed by atoms with Gasteiger partial charge in [-0.25, -0.2) is 4.79 Å². The maximum absolute atomic E-state index is 12.0. The summed E-state index contributed by atoms with van der Waals surface area (Å²) in [5, 5.41) is 14.8. The molecule has 0 saturated carbocycles. The molecule has 0 radical (unpaired) electrons. The Morgan fingerprint density at radius 2 is 1.96 bits per heavy atom. The molecule has 1 aromatic heterocycles. The van der Waals surface area contributed by atoms with Crippen LogP contribution in [0.5, 0.6) is 0 Å². The molecule has 0 bridgehead atoms. The van der Waals surface area contributed by atoms with Gasteiger partial charge in [0.15, 0.2) is 5.56 Å². The predicted octanol–water partition coefficient (Wildman–Crippen LogP) is -0.0301. The van der Waals surface area contributed by atoms with Crippen molar-refractivity contribution in [2.75, 3.05) is 18.9 Å². The van der Waals surface area contributed by atoms with E-state index in [1.807, 2.05) is 12.1 Å². The van der Waals surface area contributed by atoms with E-state index >= 15 is 0 Å². The first kappa shape index (κ1) is 18.0. The van der Waals surface area contributed by atoms with Gasteiger partial charge in [-0.1, -0.05) is 12.1 Å². The average molecular weight is 341 g/mol. The molecule has 8 nitrogen and oxygen atoms in total. The van der Waals surface area contributed by atoms with Crippen LogP contribution in [-0.2, 0) is 20.5 Å². The van der Waals surface area contributed by atoms with Gasteiger partial charge < -0.3 is 10.6 Å². The number of nitrogens with zero attached hydrogens (tertiary/aromatic N) is 3. The monoisotopic (exact) mass is 341 g/mol. The van der Waals surface area contributed by atoms with Crippen LogP contribution in [0.2, 0.25) is 0 Å². The maximum atomic E-state index is 12.0. The number of amides is 1. The van der Waals surface area contributed by atoms with Gasteiger partial charge in [-0.05, 0) is 24.1 Å². The molecule has 0 aliphatic heterocycles. The summed E-state index contributed by atoms with van der Waals surface area (Å²) in [6, 6.07) is 9.00. The minimum absolute atomic E-state index is 0.108. The highest BCUT2D eigenvalue weighted by atomic mass is 16.2. The van der Waals surface area contributed by atoms with Gasteiger partial charge in [0.2, 0.25) is 0 Å². The second-order valence-corrected chi connectivity index (χ2v) is 5.50. The van der Waals surface area contributed by atoms with Crippen LogP contribution in [0.1, 0.15) is 21.5 Å². The maximum Gasteiger partial charge on any atom is 0.332 e. The summed E-state index contributed by atoms with van der Waals surface area (Å²) in [7, 11) is 4.40. The van der Waals surface area contributed by atoms with E-state index in [4.69, 9.17) is 0 Å². The van der Waals surface area contributed by atoms with Crippen molar-refractivity contribution in [3.05, 3.63) is 61.8 Å². The molecule has 0 saturated heterocycles. The number of benzene rings is 1. The third-order valence-electron chi connectivity index (χ3n) is 3.90. The van der Waals surface area contributed by atoms with Gasteiger partial charge >= 0.3 is 5.69 Å². The average Bonchev–Trinajstić information content (AvgIpc) is 2.63. The first-order valence-electron chi connectivity index (χ1n) is 7.65. The zero-order chi connectivity index (χ0) is 18.6. The minimum Gasteiger partial charge on any atom is -0.370 e. The topological polar surface area (TPSA) is 109 Å². The predicted molar refractivity (Wildman–Crippen MR) is 93.7 cm³/mol. The molecule has 0 aliphatic rings. The summed E-state index contributed by atoms with van der Waals surface area (Å²) < 4.78 is 2.14. The Bertz CT molecular complexity index is 966. The Hall–Kier alpha value is -3.34. The molecule has 1 heterocycles. The van der Waals surface area contributed by atoms with Gasteiger partial charge in [-0.2, -0.15) is 5.26 Å². The Labute approximate surface area is 144 Å². The molecule has 25 heavy (non-hydrogen) atoms. The van der Waals surface area contributed by atoms with Crippen molar-refractivity contribution < 1.29 is 4.79 Å². The molecule has 0 unspecified atom stereocenters. The van der Waals surface area contributed by atoms with Crippen LogP contribution in [-0.4, -0.2) is 28.6 Å². The van der Waals surface area contributed by atoms with Gasteiger partial charge in [-0.3, -0.25) is 18.7 Å². The van der Waals surface area contributed by atoms with E-state index < -0.39 is 11.2 Å². The van der Waals surface area contributed by atoms with Crippen LogP contribution in [0, 0.1) is 11.3 Å². The SMILES string of the molecule is CNC(=O)c1cccc(CCNc2c(C#N)c(=O)n(C)c(=O)n2C)c1. The van der Waals surface area contributed by atoms with Crippen LogP contribution in [0.4, 0.5) is 5.82 Å². The highest BCUT2D eigenvalue weighted by molar-refractivity contribution is 5.94. The van der Waals surface area contributed by atoms with E-state index in [-0.39, 0.29) is 17.3 Å². The number of aromatic nitrogens is 2. The standard InChI is InChI=1S/C17H19N5O3/c1-19-15(23)12-6-4-5-11(9-12)7-8-20-14-13(10-18)16(24)22(3)17(25)21(14)2/h4-6,9,20H,7-8H2,1-3H3,(H,19,23). The number of hydrogen-bond donors (Lipinski definition) is 2. The van der Waals surface area contributed by atoms with Crippen molar-refractivity contribution in [1.82, 2.24) is 14.5 Å². The lowest BCUT2D eigenvalue weighted by molar-refractivity contribution is 0.0963. The second-order valence-electron chi connectivity index (χ2n) is 5.50. The van der Waals surface area contributed by atoms with Crippen molar-refractivity contribution in [2.45, 2.75) is 6.42 Å². The normalized spacial score (nSPS) is 10.2. The van der Waals surface area contributed by atoms with Gasteiger partial charge in [0.05, 0.1) is 0 Å². The van der Waals surface area contributed by atoms with E-state index in [0.29, 0.717) is 18.5 Å². The Morgan fingerprint density at radius 1 is 1.24 bits per heavy atom. The fourth-order valence-corrected chi connectivity index (χ4v) is 2.49. The molecule has 1 amide bonds. The zero-order valence-electron chi connectivity index (χ0n) is 14.3. The molecule has 0 aliphatic carbocycles. The minimum atomic E-state index is -0.630. The molecule has 2 aromatic rings. The van der Waals surface area contributed by atoms with E-state index in [1.54, 1.807) is 25.2 Å². The first-order valence-corrected chi connectivity index (χ1v) is 7.65. The molecule has 1 aromatic carbocycles. The number of nitriles is 1. The molecule has 0 spiro atoms. The lowest BCUT2D eigenvalue weighted by Gasteiger charge is -2.13. The number of anilines is 1. The fourth-order valence-electron chi connectivity index (χ4n) is 2.49. The molecule has 0 atom stereocenters. The molecule has 0 fully saturated rings. The van der Waals surface area contributed by atoms with Crippen molar-refractivity contribution >= 4 is 11.7 Å². The summed E-state index contributed by atoms with van der Waals surface area (Å²) in [5.74, 6) is 0.0218. The van der Waals surface area contributed by atoms with Crippen LogP contribution in [0.25, 0.3) is 0 Å².